The number of ether oxygens (including phenoxy) is 2. The molecule has 1 aromatic heterocycles. The molecule has 1 fully saturated rings. The maximum Gasteiger partial charge on any atom is 0.231 e. The predicted molar refractivity (Wildman–Crippen MR) is 96.1 cm³/mol. The maximum atomic E-state index is 5.48. The molecular formula is C18H26N6O2. The van der Waals surface area contributed by atoms with Crippen LogP contribution in [0.5, 0.6) is 11.5 Å². The van der Waals surface area contributed by atoms with Gasteiger partial charge in [-0.15, -0.1) is 5.10 Å². The largest absolute Gasteiger partial charge is 0.454 e. The van der Waals surface area contributed by atoms with E-state index in [0.29, 0.717) is 12.5 Å². The maximum absolute atomic E-state index is 5.48. The third-order valence-corrected chi connectivity index (χ3v) is 5.16. The summed E-state index contributed by atoms with van der Waals surface area (Å²) in [6, 6.07) is 6.21. The highest BCUT2D eigenvalue weighted by molar-refractivity contribution is 5.44. The molecule has 0 unspecified atom stereocenters. The summed E-state index contributed by atoms with van der Waals surface area (Å²) in [5.74, 6) is 2.95. The van der Waals surface area contributed by atoms with Crippen LogP contribution in [0, 0.1) is 5.92 Å². The quantitative estimate of drug-likeness (QED) is 0.800. The third kappa shape index (κ3) is 3.39. The Hall–Kier alpha value is -2.19. The number of piperazine rings is 1. The van der Waals surface area contributed by atoms with Gasteiger partial charge in [0.25, 0.3) is 0 Å². The van der Waals surface area contributed by atoms with Crippen LogP contribution < -0.4 is 9.47 Å². The van der Waals surface area contributed by atoms with E-state index in [0.717, 1.165) is 49.1 Å². The average Bonchev–Trinajstić information content (AvgIpc) is 3.26. The molecule has 0 spiro atoms. The van der Waals surface area contributed by atoms with E-state index in [1.807, 2.05) is 22.9 Å². The van der Waals surface area contributed by atoms with Crippen molar-refractivity contribution in [1.82, 2.24) is 30.0 Å². The fraction of sp³-hybridized carbons (Fsp3) is 0.611. The Morgan fingerprint density at radius 3 is 2.62 bits per heavy atom. The second-order valence-corrected chi connectivity index (χ2v) is 7.41. The Labute approximate surface area is 153 Å². The van der Waals surface area contributed by atoms with Crippen molar-refractivity contribution < 1.29 is 9.47 Å². The van der Waals surface area contributed by atoms with Gasteiger partial charge < -0.3 is 14.4 Å². The van der Waals surface area contributed by atoms with Crippen molar-refractivity contribution in [3.8, 4) is 11.5 Å². The zero-order valence-corrected chi connectivity index (χ0v) is 15.6. The lowest BCUT2D eigenvalue weighted by atomic mass is 10.0. The molecule has 0 N–H and O–H groups in total. The molecule has 2 aliphatic heterocycles. The summed E-state index contributed by atoms with van der Waals surface area (Å²) >= 11 is 0. The minimum Gasteiger partial charge on any atom is -0.454 e. The molecular weight excluding hydrogens is 332 g/mol. The molecule has 0 bridgehead atoms. The van der Waals surface area contributed by atoms with Crippen molar-refractivity contribution in [2.24, 2.45) is 5.92 Å². The zero-order chi connectivity index (χ0) is 18.1. The molecule has 1 saturated heterocycles. The molecule has 1 atom stereocenters. The fourth-order valence-electron chi connectivity index (χ4n) is 3.73. The van der Waals surface area contributed by atoms with Crippen LogP contribution in [0.4, 0.5) is 0 Å². The van der Waals surface area contributed by atoms with Crippen LogP contribution in [0.25, 0.3) is 0 Å². The van der Waals surface area contributed by atoms with E-state index in [9.17, 15) is 0 Å². The highest BCUT2D eigenvalue weighted by atomic mass is 16.7. The monoisotopic (exact) mass is 358 g/mol. The number of hydrogen-bond donors (Lipinski definition) is 0. The van der Waals surface area contributed by atoms with Gasteiger partial charge in [0.05, 0.1) is 12.6 Å². The number of tetrazole rings is 1. The molecule has 4 rings (SSSR count). The summed E-state index contributed by atoms with van der Waals surface area (Å²) in [5.41, 5.74) is 1.10. The summed E-state index contributed by atoms with van der Waals surface area (Å²) in [6.07, 6.45) is 0. The third-order valence-electron chi connectivity index (χ3n) is 5.16. The molecule has 26 heavy (non-hydrogen) atoms. The molecule has 1 aromatic carbocycles. The number of fused-ring (bicyclic) bond motifs is 1. The summed E-state index contributed by atoms with van der Waals surface area (Å²) in [7, 11) is 2.17. The van der Waals surface area contributed by atoms with Gasteiger partial charge in [0.15, 0.2) is 17.3 Å². The van der Waals surface area contributed by atoms with E-state index in [-0.39, 0.29) is 12.8 Å². The molecule has 0 radical (unpaired) electrons. The SMILES string of the molecule is CC(C)[C@H](c1nnnn1Cc1ccc2c(c1)OCO2)N1CCN(C)CC1. The van der Waals surface area contributed by atoms with Gasteiger partial charge in [0, 0.05) is 26.2 Å². The molecule has 2 aromatic rings. The Morgan fingerprint density at radius 2 is 1.85 bits per heavy atom. The van der Waals surface area contributed by atoms with E-state index in [4.69, 9.17) is 9.47 Å². The zero-order valence-electron chi connectivity index (χ0n) is 15.6. The van der Waals surface area contributed by atoms with E-state index in [1.165, 1.54) is 0 Å². The molecule has 0 amide bonds. The highest BCUT2D eigenvalue weighted by Crippen LogP contribution is 2.33. The molecule has 140 valence electrons. The van der Waals surface area contributed by atoms with Crippen molar-refractivity contribution in [2.45, 2.75) is 26.4 Å². The van der Waals surface area contributed by atoms with Crippen LogP contribution in [-0.4, -0.2) is 70.0 Å². The van der Waals surface area contributed by atoms with E-state index in [1.54, 1.807) is 0 Å². The Kier molecular flexibility index (Phi) is 4.78. The van der Waals surface area contributed by atoms with Gasteiger partial charge in [-0.1, -0.05) is 19.9 Å². The van der Waals surface area contributed by atoms with Crippen LogP contribution in [0.2, 0.25) is 0 Å². The molecule has 8 nitrogen and oxygen atoms in total. The van der Waals surface area contributed by atoms with Crippen molar-refractivity contribution in [1.29, 1.82) is 0 Å². The number of nitrogens with zero attached hydrogens (tertiary/aromatic N) is 6. The smallest absolute Gasteiger partial charge is 0.231 e. The van der Waals surface area contributed by atoms with Crippen LogP contribution in [0.3, 0.4) is 0 Å². The first kappa shape index (κ1) is 17.2. The number of benzene rings is 1. The van der Waals surface area contributed by atoms with Crippen molar-refractivity contribution in [3.63, 3.8) is 0 Å². The Bertz CT molecular complexity index is 754. The number of hydrogen-bond acceptors (Lipinski definition) is 7. The lowest BCUT2D eigenvalue weighted by molar-refractivity contribution is 0.0812. The standard InChI is InChI=1S/C18H26N6O2/c1-13(2)17(23-8-6-22(3)7-9-23)18-19-20-21-24(18)11-14-4-5-15-16(10-14)26-12-25-15/h4-5,10,13,17H,6-9,11-12H2,1-3H3/t17-/m1/s1. The van der Waals surface area contributed by atoms with Gasteiger partial charge in [-0.2, -0.15) is 0 Å². The Morgan fingerprint density at radius 1 is 1.08 bits per heavy atom. The van der Waals surface area contributed by atoms with Crippen molar-refractivity contribution >= 4 is 0 Å². The van der Waals surface area contributed by atoms with Gasteiger partial charge in [0.2, 0.25) is 6.79 Å². The van der Waals surface area contributed by atoms with E-state index >= 15 is 0 Å². The molecule has 8 heteroatoms. The molecule has 0 saturated carbocycles. The topological polar surface area (TPSA) is 68.5 Å². The van der Waals surface area contributed by atoms with Gasteiger partial charge in [-0.05, 0) is 41.1 Å². The van der Waals surface area contributed by atoms with Gasteiger partial charge in [-0.25, -0.2) is 4.68 Å². The first-order valence-electron chi connectivity index (χ1n) is 9.19. The molecule has 2 aliphatic rings. The first-order valence-corrected chi connectivity index (χ1v) is 9.19. The van der Waals surface area contributed by atoms with Crippen LogP contribution >= 0.6 is 0 Å². The summed E-state index contributed by atoms with van der Waals surface area (Å²) in [5, 5.41) is 12.6. The van der Waals surface area contributed by atoms with Crippen molar-refractivity contribution in [2.75, 3.05) is 40.0 Å². The van der Waals surface area contributed by atoms with Gasteiger partial charge in [-0.3, -0.25) is 4.90 Å². The van der Waals surface area contributed by atoms with Crippen LogP contribution in [0.15, 0.2) is 18.2 Å². The second-order valence-electron chi connectivity index (χ2n) is 7.41. The van der Waals surface area contributed by atoms with E-state index < -0.39 is 0 Å². The first-order chi connectivity index (χ1) is 12.6. The lowest BCUT2D eigenvalue weighted by Crippen LogP contribution is -2.47. The lowest BCUT2D eigenvalue weighted by Gasteiger charge is -2.39. The highest BCUT2D eigenvalue weighted by Gasteiger charge is 2.30. The fourth-order valence-corrected chi connectivity index (χ4v) is 3.73. The summed E-state index contributed by atoms with van der Waals surface area (Å²) in [4.78, 5) is 4.87. The summed E-state index contributed by atoms with van der Waals surface area (Å²) < 4.78 is 12.8. The molecule has 3 heterocycles. The minimum atomic E-state index is 0.215. The van der Waals surface area contributed by atoms with Crippen LogP contribution in [-0.2, 0) is 6.54 Å². The number of aromatic nitrogens is 4. The predicted octanol–water partition coefficient (Wildman–Crippen LogP) is 1.39. The second kappa shape index (κ2) is 7.20. The molecule has 0 aliphatic carbocycles. The number of likely N-dealkylation sites (N-methyl/N-ethyl adjacent to an activating group) is 1. The minimum absolute atomic E-state index is 0.215. The normalized spacial score (nSPS) is 19.2. The van der Waals surface area contributed by atoms with Crippen molar-refractivity contribution in [3.05, 3.63) is 29.6 Å². The Balaban J connectivity index is 1.56. The number of rotatable bonds is 5. The van der Waals surface area contributed by atoms with Crippen LogP contribution in [0.1, 0.15) is 31.3 Å². The van der Waals surface area contributed by atoms with Gasteiger partial charge in [0.1, 0.15) is 0 Å². The van der Waals surface area contributed by atoms with E-state index in [2.05, 4.69) is 46.2 Å². The van der Waals surface area contributed by atoms with Gasteiger partial charge >= 0.3 is 0 Å². The summed E-state index contributed by atoms with van der Waals surface area (Å²) in [6.45, 7) is 9.61. The average molecular weight is 358 g/mol.